The molecule has 0 saturated heterocycles. The minimum absolute atomic E-state index is 0.0572. The average Bonchev–Trinajstić information content (AvgIpc) is 1.22. The number of esters is 4. The van der Waals surface area contributed by atoms with E-state index in [-0.39, 0.29) is 64.7 Å². The second kappa shape index (κ2) is 31.2. The zero-order valence-electron chi connectivity index (χ0n) is 51.2. The van der Waals surface area contributed by atoms with Crippen LogP contribution in [0.3, 0.4) is 0 Å². The number of nitrogens with zero attached hydrogens (tertiary/aromatic N) is 4. The molecule has 4 amide bonds. The van der Waals surface area contributed by atoms with Gasteiger partial charge in [0.15, 0.2) is 6.10 Å². The molecule has 0 spiro atoms. The topological polar surface area (TPSA) is 362 Å². The van der Waals surface area contributed by atoms with Gasteiger partial charge in [0.1, 0.15) is 100 Å². The molecule has 0 aliphatic carbocycles. The van der Waals surface area contributed by atoms with E-state index in [0.717, 1.165) is 11.8 Å². The smallest absolute Gasteiger partial charge is 0.408 e. The zero-order chi connectivity index (χ0) is 65.2. The van der Waals surface area contributed by atoms with Gasteiger partial charge in [-0.3, -0.25) is 9.59 Å². The van der Waals surface area contributed by atoms with Crippen molar-refractivity contribution in [1.82, 2.24) is 31.2 Å². The standard InChI is InChI=1S/C60H76ClN9O16S/c1-33(65-45(71)25-23-43(53(75)83-57(3,4)5)68-55(77)85-59(9,10)11)51(73)81-31-40(82-52(74)34(2)66-46(72)26-24-44(54(76)84-58(6,7)8)69-56(78)86-60(12,13)14)30-79-39-21-17-35(18-22-39)47-41(27-62)48(64)70-50(42(47)28-63)87-32-38-29-80-49(67-38)36-15-19-37(61)20-16-36/h15-22,29,33-34,40,43-44H,23-26,30-32H2,1-14H3,(H2,64,70)(H,65,71)(H,66,72)(H,68,77)(H,69,78). The fraction of sp³-hybridized carbons (Fsp3) is 0.500. The van der Waals surface area contributed by atoms with Gasteiger partial charge < -0.3 is 64.6 Å². The molecule has 0 aliphatic rings. The first-order chi connectivity index (χ1) is 40.4. The van der Waals surface area contributed by atoms with Crippen molar-refractivity contribution < 1.29 is 75.9 Å². The van der Waals surface area contributed by atoms with E-state index in [2.05, 4.69) is 37.3 Å². The van der Waals surface area contributed by atoms with Gasteiger partial charge in [0.2, 0.25) is 17.7 Å². The summed E-state index contributed by atoms with van der Waals surface area (Å²) in [5, 5.41) is 31.3. The van der Waals surface area contributed by atoms with Crippen LogP contribution in [-0.2, 0) is 62.9 Å². The van der Waals surface area contributed by atoms with Crippen LogP contribution in [0.15, 0.2) is 64.2 Å². The molecule has 0 saturated carbocycles. The van der Waals surface area contributed by atoms with Crippen LogP contribution >= 0.6 is 23.4 Å². The van der Waals surface area contributed by atoms with Gasteiger partial charge >= 0.3 is 36.1 Å². The Morgan fingerprint density at radius 1 is 0.621 bits per heavy atom. The van der Waals surface area contributed by atoms with Crippen molar-refractivity contribution in [3.05, 3.63) is 76.6 Å². The number of pyridine rings is 1. The van der Waals surface area contributed by atoms with E-state index in [4.69, 9.17) is 54.9 Å². The number of thioether (sulfide) groups is 1. The van der Waals surface area contributed by atoms with Crippen LogP contribution in [0.5, 0.6) is 5.75 Å². The van der Waals surface area contributed by atoms with Gasteiger partial charge in [0.05, 0.1) is 11.3 Å². The number of benzene rings is 2. The Morgan fingerprint density at radius 2 is 1.09 bits per heavy atom. The number of amides is 4. The van der Waals surface area contributed by atoms with Gasteiger partial charge in [-0.2, -0.15) is 10.5 Å². The largest absolute Gasteiger partial charge is 0.490 e. The summed E-state index contributed by atoms with van der Waals surface area (Å²) in [7, 11) is 0. The van der Waals surface area contributed by atoms with E-state index in [0.29, 0.717) is 27.7 Å². The summed E-state index contributed by atoms with van der Waals surface area (Å²) in [4.78, 5) is 114. The van der Waals surface area contributed by atoms with Crippen LogP contribution in [0.4, 0.5) is 15.4 Å². The molecule has 470 valence electrons. The number of carbonyl (C=O) groups is 8. The number of anilines is 1. The number of carbonyl (C=O) groups excluding carboxylic acids is 8. The normalized spacial score (nSPS) is 13.3. The summed E-state index contributed by atoms with van der Waals surface area (Å²) in [6.07, 6.45) is -2.99. The predicted octanol–water partition coefficient (Wildman–Crippen LogP) is 8.55. The van der Waals surface area contributed by atoms with Crippen LogP contribution in [0.25, 0.3) is 22.6 Å². The minimum atomic E-state index is -1.38. The molecule has 4 rings (SSSR count). The van der Waals surface area contributed by atoms with Crippen molar-refractivity contribution in [2.24, 2.45) is 0 Å². The third-order valence-electron chi connectivity index (χ3n) is 11.2. The highest BCUT2D eigenvalue weighted by Gasteiger charge is 2.33. The number of nitrogens with two attached hydrogens (primary N) is 1. The van der Waals surface area contributed by atoms with Crippen LogP contribution in [0.1, 0.15) is 139 Å². The first-order valence-electron chi connectivity index (χ1n) is 27.5. The monoisotopic (exact) mass is 1250 g/mol. The molecular formula is C60H76ClN9O16S. The van der Waals surface area contributed by atoms with Crippen LogP contribution in [-0.4, -0.2) is 124 Å². The highest BCUT2D eigenvalue weighted by Crippen LogP contribution is 2.37. The Bertz CT molecular complexity index is 3190. The Labute approximate surface area is 514 Å². The summed E-state index contributed by atoms with van der Waals surface area (Å²) in [6, 6.07) is 12.0. The fourth-order valence-electron chi connectivity index (χ4n) is 7.46. The Kier molecular flexibility index (Phi) is 25.4. The maximum atomic E-state index is 13.7. The number of oxazole rings is 1. The molecule has 25 nitrogen and oxygen atoms in total. The van der Waals surface area contributed by atoms with Gasteiger partial charge in [-0.25, -0.2) is 38.7 Å². The molecule has 27 heteroatoms. The Hall–Kier alpha value is -8.62. The molecule has 2 aromatic heterocycles. The van der Waals surface area contributed by atoms with Crippen molar-refractivity contribution in [2.75, 3.05) is 18.9 Å². The van der Waals surface area contributed by atoms with Gasteiger partial charge in [0.25, 0.3) is 0 Å². The van der Waals surface area contributed by atoms with Crippen molar-refractivity contribution in [1.29, 1.82) is 10.5 Å². The number of nitriles is 2. The molecule has 0 radical (unpaired) electrons. The third kappa shape index (κ3) is 24.7. The molecule has 0 fully saturated rings. The lowest BCUT2D eigenvalue weighted by Crippen LogP contribution is -2.47. The molecule has 0 bridgehead atoms. The molecule has 0 aliphatic heterocycles. The summed E-state index contributed by atoms with van der Waals surface area (Å²) in [5.41, 5.74) is 4.43. The predicted molar refractivity (Wildman–Crippen MR) is 318 cm³/mol. The first-order valence-corrected chi connectivity index (χ1v) is 28.9. The Balaban J connectivity index is 1.52. The summed E-state index contributed by atoms with van der Waals surface area (Å²) < 4.78 is 44.4. The average molecular weight is 1250 g/mol. The lowest BCUT2D eigenvalue weighted by atomic mass is 9.97. The number of hydrogen-bond acceptors (Lipinski definition) is 22. The second-order valence-corrected chi connectivity index (χ2v) is 25.1. The van der Waals surface area contributed by atoms with Crippen molar-refractivity contribution in [2.45, 2.75) is 186 Å². The number of aromatic nitrogens is 2. The number of alkyl carbamates (subject to hydrolysis) is 2. The number of ether oxygens (including phenoxy) is 7. The van der Waals surface area contributed by atoms with Gasteiger partial charge in [0, 0.05) is 34.7 Å². The maximum absolute atomic E-state index is 13.7. The van der Waals surface area contributed by atoms with E-state index >= 15 is 0 Å². The molecular weight excluding hydrogens is 1170 g/mol. The number of nitrogens with one attached hydrogen (secondary N) is 4. The highest BCUT2D eigenvalue weighted by molar-refractivity contribution is 7.98. The van der Waals surface area contributed by atoms with Crippen LogP contribution in [0.2, 0.25) is 5.02 Å². The molecule has 5 unspecified atom stereocenters. The zero-order valence-corrected chi connectivity index (χ0v) is 52.8. The molecule has 5 atom stereocenters. The number of hydrogen-bond donors (Lipinski definition) is 5. The third-order valence-corrected chi connectivity index (χ3v) is 12.5. The lowest BCUT2D eigenvalue weighted by molar-refractivity contribution is -0.163. The molecule has 2 heterocycles. The summed E-state index contributed by atoms with van der Waals surface area (Å²) in [6.45, 7) is 21.1. The van der Waals surface area contributed by atoms with E-state index in [1.807, 2.05) is 6.07 Å². The van der Waals surface area contributed by atoms with Gasteiger partial charge in [-0.1, -0.05) is 35.5 Å². The highest BCUT2D eigenvalue weighted by atomic mass is 35.5. The first kappa shape index (κ1) is 70.9. The quantitative estimate of drug-likeness (QED) is 0.0235. The molecule has 2 aromatic carbocycles. The fourth-order valence-corrected chi connectivity index (χ4v) is 8.46. The van der Waals surface area contributed by atoms with Gasteiger partial charge in [-0.05, 0) is 152 Å². The minimum Gasteiger partial charge on any atom is -0.490 e. The molecule has 6 N–H and O–H groups in total. The lowest BCUT2D eigenvalue weighted by Gasteiger charge is -2.26. The molecule has 4 aromatic rings. The SMILES string of the molecule is CC(NC(=O)CCC(NC(=O)OC(C)(C)C)C(=O)OC(C)(C)C)C(=O)OCC(COc1ccc(-c2c(C#N)c(N)nc(SCc3coc(-c4ccc(Cl)cc4)n3)c2C#N)cc1)OC(=O)C(C)NC(=O)CCC(NC(=O)OC(C)(C)C)C(=O)OC(C)(C)C. The number of halogens is 1. The van der Waals surface area contributed by atoms with E-state index in [9.17, 15) is 48.9 Å². The van der Waals surface area contributed by atoms with Crippen LogP contribution in [0, 0.1) is 22.7 Å². The van der Waals surface area contributed by atoms with E-state index < -0.39 is 114 Å². The molecule has 87 heavy (non-hydrogen) atoms. The van der Waals surface area contributed by atoms with E-state index in [1.165, 1.54) is 32.2 Å². The van der Waals surface area contributed by atoms with Crippen molar-refractivity contribution in [3.63, 3.8) is 0 Å². The Morgan fingerprint density at radius 3 is 1.56 bits per heavy atom. The number of rotatable bonds is 25. The second-order valence-electron chi connectivity index (χ2n) is 23.7. The summed E-state index contributed by atoms with van der Waals surface area (Å²) >= 11 is 7.18. The maximum Gasteiger partial charge on any atom is 0.408 e. The van der Waals surface area contributed by atoms with Crippen molar-refractivity contribution >= 4 is 77.1 Å². The number of nitrogen functional groups attached to an aromatic ring is 1. The summed E-state index contributed by atoms with van der Waals surface area (Å²) in [5.74, 6) is -4.46. The van der Waals surface area contributed by atoms with Crippen LogP contribution < -0.4 is 31.7 Å². The van der Waals surface area contributed by atoms with Crippen molar-refractivity contribution in [3.8, 4) is 40.5 Å². The van der Waals surface area contributed by atoms with E-state index in [1.54, 1.807) is 119 Å². The van der Waals surface area contributed by atoms with Gasteiger partial charge in [-0.15, -0.1) is 0 Å².